The molecule has 6 heteroatoms. The van der Waals surface area contributed by atoms with E-state index in [1.54, 1.807) is 32.0 Å². The van der Waals surface area contributed by atoms with Crippen LogP contribution in [0.25, 0.3) is 32.3 Å². The van der Waals surface area contributed by atoms with Gasteiger partial charge in [-0.3, -0.25) is 0 Å². The van der Waals surface area contributed by atoms with Crippen molar-refractivity contribution in [3.8, 4) is 0 Å². The Morgan fingerprint density at radius 2 is 0.881 bits per heavy atom. The van der Waals surface area contributed by atoms with E-state index in [0.717, 1.165) is 22.6 Å². The maximum Gasteiger partial charge on any atom is 0.139 e. The van der Waals surface area contributed by atoms with Gasteiger partial charge in [0.15, 0.2) is 0 Å². The number of fused-ring (bicyclic) bond motifs is 3. The summed E-state index contributed by atoms with van der Waals surface area (Å²) in [4.78, 5) is 0. The third-order valence-corrected chi connectivity index (χ3v) is 7.17. The molecule has 0 fully saturated rings. The van der Waals surface area contributed by atoms with Crippen LogP contribution in [-0.2, 0) is 0 Å². The fourth-order valence-electron chi connectivity index (χ4n) is 4.72. The van der Waals surface area contributed by atoms with Crippen LogP contribution < -0.4 is 0 Å². The van der Waals surface area contributed by atoms with E-state index in [1.807, 2.05) is 50.2 Å². The second-order valence-corrected chi connectivity index (χ2v) is 10.6. The summed E-state index contributed by atoms with van der Waals surface area (Å²) in [6, 6.07) is 20.2. The predicted molar refractivity (Wildman–Crippen MR) is 160 cm³/mol. The molecule has 0 saturated carbocycles. The number of halogens is 6. The number of benzene rings is 6. The van der Waals surface area contributed by atoms with Crippen LogP contribution in [0.4, 0.5) is 26.3 Å². The molecule has 6 aromatic rings. The number of hydrogen-bond acceptors (Lipinski definition) is 0. The highest BCUT2D eigenvalue weighted by Gasteiger charge is 2.14. The lowest BCUT2D eigenvalue weighted by Gasteiger charge is -2.06. The first-order valence-corrected chi connectivity index (χ1v) is 13.3. The van der Waals surface area contributed by atoms with Crippen LogP contribution in [-0.4, -0.2) is 0 Å². The third kappa shape index (κ3) is 6.28. The van der Waals surface area contributed by atoms with Crippen molar-refractivity contribution < 1.29 is 26.3 Å². The third-order valence-electron chi connectivity index (χ3n) is 7.17. The molecule has 0 spiro atoms. The minimum absolute atomic E-state index is 0.0846. The molecule has 0 radical (unpaired) electrons. The van der Waals surface area contributed by atoms with Crippen LogP contribution in [0.1, 0.15) is 33.4 Å². The minimum atomic E-state index is -0.817. The Bertz CT molecular complexity index is 1960. The summed E-state index contributed by atoms with van der Waals surface area (Å²) in [6.45, 7) is 10.1. The molecule has 42 heavy (non-hydrogen) atoms. The molecule has 0 bridgehead atoms. The monoisotopic (exact) mass is 576 g/mol. The number of aryl methyl sites for hydroxylation is 4. The summed E-state index contributed by atoms with van der Waals surface area (Å²) in [5.74, 6) is -3.16. The smallest absolute Gasteiger partial charge is 0.139 e. The zero-order chi connectivity index (χ0) is 30.9. The fourth-order valence-corrected chi connectivity index (χ4v) is 4.72. The Kier molecular flexibility index (Phi) is 8.95. The van der Waals surface area contributed by atoms with Crippen LogP contribution in [0, 0.1) is 76.4 Å². The van der Waals surface area contributed by atoms with Crippen LogP contribution in [0.2, 0.25) is 0 Å². The molecule has 6 rings (SSSR count). The van der Waals surface area contributed by atoms with E-state index in [9.17, 15) is 26.3 Å². The summed E-state index contributed by atoms with van der Waals surface area (Å²) in [7, 11) is 0. The number of rotatable bonds is 0. The maximum absolute atomic E-state index is 13.6. The Balaban J connectivity index is 0.000000145. The maximum atomic E-state index is 13.6. The van der Waals surface area contributed by atoms with E-state index in [1.165, 1.54) is 26.0 Å². The molecule has 0 unspecified atom stereocenters. The molecule has 216 valence electrons. The predicted octanol–water partition coefficient (Wildman–Crippen LogP) is 11.2. The van der Waals surface area contributed by atoms with Gasteiger partial charge in [-0.15, -0.1) is 0 Å². The fraction of sp³-hybridized carbons (Fsp3) is 0.167. The molecule has 0 amide bonds. The van der Waals surface area contributed by atoms with Gasteiger partial charge in [-0.25, -0.2) is 26.3 Å². The molecule has 0 N–H and O–H groups in total. The topological polar surface area (TPSA) is 0 Å². The van der Waals surface area contributed by atoms with Crippen molar-refractivity contribution in [3.05, 3.63) is 141 Å². The summed E-state index contributed by atoms with van der Waals surface area (Å²) in [5, 5.41) is 2.90. The molecular formula is C36H30F6. The normalized spacial score (nSPS) is 10.9. The zero-order valence-corrected chi connectivity index (χ0v) is 24.2. The highest BCUT2D eigenvalue weighted by Crippen LogP contribution is 2.27. The first-order valence-electron chi connectivity index (χ1n) is 13.3. The van der Waals surface area contributed by atoms with Crippen LogP contribution in [0.3, 0.4) is 0 Å². The average molecular weight is 577 g/mol. The quantitative estimate of drug-likeness (QED) is 0.158. The van der Waals surface area contributed by atoms with E-state index in [-0.39, 0.29) is 27.7 Å². The van der Waals surface area contributed by atoms with E-state index < -0.39 is 29.1 Å². The molecule has 0 aromatic heterocycles. The molecule has 0 aliphatic rings. The first-order chi connectivity index (χ1) is 19.8. The van der Waals surface area contributed by atoms with E-state index >= 15 is 0 Å². The van der Waals surface area contributed by atoms with Crippen molar-refractivity contribution in [2.45, 2.75) is 41.5 Å². The minimum Gasteiger partial charge on any atom is -0.207 e. The zero-order valence-electron chi connectivity index (χ0n) is 24.2. The van der Waals surface area contributed by atoms with E-state index in [2.05, 4.69) is 0 Å². The molecule has 0 heterocycles. The largest absolute Gasteiger partial charge is 0.207 e. The molecule has 0 aliphatic heterocycles. The SMILES string of the molecule is Cc1cc(F)c2c(F)c(C)c(F)cc2c1.Cc1ccc2c(F)c(C)c(F)cc2c1.Cc1ccc2c(F)c(C)ccc2c1. The Hall–Kier alpha value is -4.32. The van der Waals surface area contributed by atoms with Gasteiger partial charge in [-0.2, -0.15) is 0 Å². The second-order valence-electron chi connectivity index (χ2n) is 10.6. The summed E-state index contributed by atoms with van der Waals surface area (Å²) in [5.41, 5.74) is 3.45. The lowest BCUT2D eigenvalue weighted by molar-refractivity contribution is 0.568. The first kappa shape index (κ1) is 30.6. The van der Waals surface area contributed by atoms with Crippen molar-refractivity contribution in [1.82, 2.24) is 0 Å². The molecular weight excluding hydrogens is 546 g/mol. The van der Waals surface area contributed by atoms with E-state index in [0.29, 0.717) is 27.3 Å². The van der Waals surface area contributed by atoms with Gasteiger partial charge in [0.2, 0.25) is 0 Å². The van der Waals surface area contributed by atoms with Crippen LogP contribution in [0.15, 0.2) is 72.8 Å². The van der Waals surface area contributed by atoms with Gasteiger partial charge in [0.25, 0.3) is 0 Å². The molecule has 6 aromatic carbocycles. The van der Waals surface area contributed by atoms with Gasteiger partial charge in [0.1, 0.15) is 34.9 Å². The lowest BCUT2D eigenvalue weighted by atomic mass is 10.0. The highest BCUT2D eigenvalue weighted by atomic mass is 19.2. The van der Waals surface area contributed by atoms with Crippen molar-refractivity contribution >= 4 is 32.3 Å². The van der Waals surface area contributed by atoms with Gasteiger partial charge >= 0.3 is 0 Å². The lowest BCUT2D eigenvalue weighted by Crippen LogP contribution is -1.94. The molecule has 0 saturated heterocycles. The summed E-state index contributed by atoms with van der Waals surface area (Å²) < 4.78 is 80.5. The Morgan fingerprint density at radius 3 is 1.50 bits per heavy atom. The van der Waals surface area contributed by atoms with Crippen molar-refractivity contribution in [2.75, 3.05) is 0 Å². The number of hydrogen-bond donors (Lipinski definition) is 0. The molecule has 0 atom stereocenters. The van der Waals surface area contributed by atoms with Gasteiger partial charge in [-0.1, -0.05) is 65.7 Å². The van der Waals surface area contributed by atoms with Gasteiger partial charge in [-0.05, 0) is 87.0 Å². The molecule has 0 nitrogen and oxygen atoms in total. The van der Waals surface area contributed by atoms with Crippen molar-refractivity contribution in [2.24, 2.45) is 0 Å². The Labute approximate surface area is 241 Å². The van der Waals surface area contributed by atoms with Crippen molar-refractivity contribution in [1.29, 1.82) is 0 Å². The van der Waals surface area contributed by atoms with E-state index in [4.69, 9.17) is 0 Å². The van der Waals surface area contributed by atoms with Crippen LogP contribution >= 0.6 is 0 Å². The van der Waals surface area contributed by atoms with Crippen molar-refractivity contribution in [3.63, 3.8) is 0 Å². The average Bonchev–Trinajstić information content (AvgIpc) is 2.93. The summed E-state index contributed by atoms with van der Waals surface area (Å²) in [6.07, 6.45) is 0. The highest BCUT2D eigenvalue weighted by molar-refractivity contribution is 5.86. The Morgan fingerprint density at radius 1 is 0.381 bits per heavy atom. The second kappa shape index (κ2) is 12.3. The molecule has 0 aliphatic carbocycles. The summed E-state index contributed by atoms with van der Waals surface area (Å²) >= 11 is 0. The van der Waals surface area contributed by atoms with Gasteiger partial charge in [0.05, 0.1) is 5.39 Å². The van der Waals surface area contributed by atoms with Gasteiger partial charge < -0.3 is 0 Å². The standard InChI is InChI=1S/C12H9F3.C12H10F2.C12H11F/c1-6-3-8-5-9(13)7(2)12(15)11(8)10(14)4-6;1-7-3-4-10-9(5-7)6-11(13)8(2)12(10)14;1-8-3-6-11-10(7-8)5-4-9(2)12(11)13/h3-5H,1-2H3;3-6H,1-2H3;3-7H,1-2H3. The van der Waals surface area contributed by atoms with Crippen LogP contribution in [0.5, 0.6) is 0 Å². The van der Waals surface area contributed by atoms with Gasteiger partial charge in [0, 0.05) is 21.9 Å².